The minimum absolute atomic E-state index is 0.344. The summed E-state index contributed by atoms with van der Waals surface area (Å²) < 4.78 is 12.2. The van der Waals surface area contributed by atoms with Gasteiger partial charge in [-0.2, -0.15) is 0 Å². The Morgan fingerprint density at radius 3 is 2.38 bits per heavy atom. The van der Waals surface area contributed by atoms with Crippen LogP contribution < -0.4 is 5.32 Å². The molecule has 6 heteroatoms. The van der Waals surface area contributed by atoms with Crippen LogP contribution in [0.15, 0.2) is 17.9 Å². The van der Waals surface area contributed by atoms with Crippen molar-refractivity contribution >= 4 is 13.2 Å². The summed E-state index contributed by atoms with van der Waals surface area (Å²) in [5.41, 5.74) is 2.03. The summed E-state index contributed by atoms with van der Waals surface area (Å²) in [7, 11) is 1.53. The van der Waals surface area contributed by atoms with Gasteiger partial charge in [0.2, 0.25) is 0 Å². The van der Waals surface area contributed by atoms with Crippen molar-refractivity contribution in [3.63, 3.8) is 0 Å². The number of aromatic nitrogens is 2. The van der Waals surface area contributed by atoms with Gasteiger partial charge < -0.3 is 14.6 Å². The van der Waals surface area contributed by atoms with E-state index in [1.54, 1.807) is 12.4 Å². The lowest BCUT2D eigenvalue weighted by Gasteiger charge is -2.32. The Morgan fingerprint density at radius 1 is 1.24 bits per heavy atom. The SMILES string of the molecule is CNCC(=Cc1cncc(C)n1)B1OC(C)(C)C(C)(C)O1. The molecule has 0 spiro atoms. The van der Waals surface area contributed by atoms with E-state index in [4.69, 9.17) is 9.31 Å². The third-order valence-corrected chi connectivity index (χ3v) is 4.04. The van der Waals surface area contributed by atoms with Crippen molar-refractivity contribution in [3.05, 3.63) is 29.3 Å². The van der Waals surface area contributed by atoms with Gasteiger partial charge in [-0.05, 0) is 53.2 Å². The molecule has 1 aromatic rings. The van der Waals surface area contributed by atoms with E-state index in [2.05, 4.69) is 43.0 Å². The monoisotopic (exact) mass is 289 g/mol. The third kappa shape index (κ3) is 3.51. The maximum atomic E-state index is 6.10. The molecule has 0 atom stereocenters. The van der Waals surface area contributed by atoms with Crippen molar-refractivity contribution in [2.24, 2.45) is 0 Å². The first-order valence-electron chi connectivity index (χ1n) is 7.24. The molecule has 0 radical (unpaired) electrons. The summed E-state index contributed by atoms with van der Waals surface area (Å²) in [5, 5.41) is 3.16. The highest BCUT2D eigenvalue weighted by molar-refractivity contribution is 6.55. The van der Waals surface area contributed by atoms with Gasteiger partial charge in [-0.1, -0.05) is 0 Å². The molecule has 0 saturated carbocycles. The number of rotatable bonds is 4. The van der Waals surface area contributed by atoms with Gasteiger partial charge in [-0.25, -0.2) is 0 Å². The lowest BCUT2D eigenvalue weighted by atomic mass is 9.77. The molecule has 1 aromatic heterocycles. The summed E-state index contributed by atoms with van der Waals surface area (Å²) in [4.78, 5) is 8.63. The molecule has 1 aliphatic heterocycles. The Hall–Kier alpha value is -1.24. The van der Waals surface area contributed by atoms with Crippen molar-refractivity contribution in [3.8, 4) is 0 Å². The van der Waals surface area contributed by atoms with Gasteiger partial charge in [-0.3, -0.25) is 9.97 Å². The lowest BCUT2D eigenvalue weighted by Crippen LogP contribution is -2.41. The fourth-order valence-corrected chi connectivity index (χ4v) is 2.14. The molecule has 2 heterocycles. The smallest absolute Gasteiger partial charge is 0.400 e. The Morgan fingerprint density at radius 2 is 1.86 bits per heavy atom. The van der Waals surface area contributed by atoms with Crippen LogP contribution in [0.4, 0.5) is 0 Å². The van der Waals surface area contributed by atoms with Crippen LogP contribution in [0.1, 0.15) is 39.1 Å². The van der Waals surface area contributed by atoms with Crippen LogP contribution in [-0.2, 0) is 9.31 Å². The standard InChI is InChI=1S/C15H24BN3O2/c1-11-8-18-10-13(19-11)7-12(9-17-6)16-20-14(2,3)15(4,5)21-16/h7-8,10,17H,9H2,1-6H3. The van der Waals surface area contributed by atoms with Gasteiger partial charge in [0.25, 0.3) is 0 Å². The molecule has 5 nitrogen and oxygen atoms in total. The average molecular weight is 289 g/mol. The molecule has 1 saturated heterocycles. The number of aryl methyl sites for hydroxylation is 1. The first-order valence-corrected chi connectivity index (χ1v) is 7.24. The molecule has 0 amide bonds. The summed E-state index contributed by atoms with van der Waals surface area (Å²) >= 11 is 0. The van der Waals surface area contributed by atoms with Crippen LogP contribution in [0.5, 0.6) is 0 Å². The van der Waals surface area contributed by atoms with Gasteiger partial charge in [-0.15, -0.1) is 0 Å². The zero-order chi connectivity index (χ0) is 15.7. The van der Waals surface area contributed by atoms with E-state index in [1.807, 2.05) is 20.0 Å². The molecular weight excluding hydrogens is 265 g/mol. The first kappa shape index (κ1) is 16.1. The van der Waals surface area contributed by atoms with Gasteiger partial charge in [0.1, 0.15) is 0 Å². The second-order valence-electron chi connectivity index (χ2n) is 6.42. The molecule has 114 valence electrons. The highest BCUT2D eigenvalue weighted by atomic mass is 16.7. The highest BCUT2D eigenvalue weighted by Gasteiger charge is 2.52. The van der Waals surface area contributed by atoms with Crippen molar-refractivity contribution in [2.75, 3.05) is 13.6 Å². The summed E-state index contributed by atoms with van der Waals surface area (Å²) in [6.07, 6.45) is 5.47. The van der Waals surface area contributed by atoms with E-state index >= 15 is 0 Å². The minimum Gasteiger partial charge on any atom is -0.400 e. The summed E-state index contributed by atoms with van der Waals surface area (Å²) in [5.74, 6) is 0. The Kier molecular flexibility index (Phi) is 4.51. The molecule has 0 aromatic carbocycles. The number of nitrogens with zero attached hydrogens (tertiary/aromatic N) is 2. The molecule has 0 aliphatic carbocycles. The Labute approximate surface area is 127 Å². The summed E-state index contributed by atoms with van der Waals surface area (Å²) in [6.45, 7) is 10.8. The second kappa shape index (κ2) is 5.87. The van der Waals surface area contributed by atoms with E-state index in [9.17, 15) is 0 Å². The van der Waals surface area contributed by atoms with Gasteiger partial charge >= 0.3 is 7.12 Å². The third-order valence-electron chi connectivity index (χ3n) is 4.04. The predicted molar refractivity (Wildman–Crippen MR) is 84.8 cm³/mol. The van der Waals surface area contributed by atoms with Crippen LogP contribution in [-0.4, -0.2) is 41.9 Å². The van der Waals surface area contributed by atoms with E-state index < -0.39 is 0 Å². The van der Waals surface area contributed by atoms with Crippen LogP contribution in [0.2, 0.25) is 0 Å². The normalized spacial score (nSPS) is 20.9. The highest BCUT2D eigenvalue weighted by Crippen LogP contribution is 2.38. The molecule has 0 bridgehead atoms. The molecule has 2 rings (SSSR count). The summed E-state index contributed by atoms with van der Waals surface area (Å²) in [6, 6.07) is 0. The van der Waals surface area contributed by atoms with Crippen molar-refractivity contribution in [1.29, 1.82) is 0 Å². The molecule has 1 fully saturated rings. The van der Waals surface area contributed by atoms with Crippen LogP contribution in [0.3, 0.4) is 0 Å². The van der Waals surface area contributed by atoms with E-state index in [1.165, 1.54) is 0 Å². The molecular formula is C15H24BN3O2. The number of hydrogen-bond donors (Lipinski definition) is 1. The fourth-order valence-electron chi connectivity index (χ4n) is 2.14. The van der Waals surface area contributed by atoms with Gasteiger partial charge in [0, 0.05) is 12.7 Å². The lowest BCUT2D eigenvalue weighted by molar-refractivity contribution is 0.00578. The minimum atomic E-state index is -0.371. The maximum absolute atomic E-state index is 6.10. The van der Waals surface area contributed by atoms with E-state index in [0.717, 1.165) is 16.9 Å². The van der Waals surface area contributed by atoms with Gasteiger partial charge in [0.05, 0.1) is 28.8 Å². The molecule has 1 N–H and O–H groups in total. The maximum Gasteiger partial charge on any atom is 0.491 e. The average Bonchev–Trinajstić information content (AvgIpc) is 2.58. The Balaban J connectivity index is 2.28. The van der Waals surface area contributed by atoms with Crippen LogP contribution in [0.25, 0.3) is 6.08 Å². The van der Waals surface area contributed by atoms with Crippen LogP contribution in [0, 0.1) is 6.92 Å². The van der Waals surface area contributed by atoms with Crippen LogP contribution >= 0.6 is 0 Å². The largest absolute Gasteiger partial charge is 0.491 e. The molecule has 0 unspecified atom stereocenters. The topological polar surface area (TPSA) is 56.3 Å². The molecule has 21 heavy (non-hydrogen) atoms. The Bertz CT molecular complexity index is 527. The van der Waals surface area contributed by atoms with Gasteiger partial charge in [0.15, 0.2) is 0 Å². The van der Waals surface area contributed by atoms with Crippen molar-refractivity contribution < 1.29 is 9.31 Å². The number of nitrogens with one attached hydrogen (secondary N) is 1. The fraction of sp³-hybridized carbons (Fsp3) is 0.600. The predicted octanol–water partition coefficient (Wildman–Crippen LogP) is 2.02. The van der Waals surface area contributed by atoms with E-state index in [-0.39, 0.29) is 18.3 Å². The zero-order valence-electron chi connectivity index (χ0n) is 13.7. The number of likely N-dealkylation sites (N-methyl/N-ethyl adjacent to an activating group) is 1. The first-order chi connectivity index (χ1) is 9.75. The van der Waals surface area contributed by atoms with Crippen molar-refractivity contribution in [2.45, 2.75) is 45.8 Å². The van der Waals surface area contributed by atoms with E-state index in [0.29, 0.717) is 6.54 Å². The quantitative estimate of drug-likeness (QED) is 0.859. The van der Waals surface area contributed by atoms with Crippen molar-refractivity contribution in [1.82, 2.24) is 15.3 Å². The number of hydrogen-bond acceptors (Lipinski definition) is 5. The zero-order valence-corrected chi connectivity index (χ0v) is 13.7. The second-order valence-corrected chi connectivity index (χ2v) is 6.42. The molecule has 1 aliphatic rings.